The number of hydrogen-bond acceptors (Lipinski definition) is 2. The van der Waals surface area contributed by atoms with Crippen molar-refractivity contribution in [3.8, 4) is 11.1 Å². The third kappa shape index (κ3) is 3.02. The second kappa shape index (κ2) is 6.25. The van der Waals surface area contributed by atoms with E-state index >= 15 is 0 Å². The third-order valence-corrected chi connectivity index (χ3v) is 4.61. The number of nitrogen functional groups attached to an aromatic ring is 1. The lowest BCUT2D eigenvalue weighted by Gasteiger charge is -2.28. The van der Waals surface area contributed by atoms with Gasteiger partial charge in [-0.3, -0.25) is 9.48 Å². The first kappa shape index (κ1) is 18.0. The van der Waals surface area contributed by atoms with Gasteiger partial charge in [0.15, 0.2) is 0 Å². The van der Waals surface area contributed by atoms with E-state index in [1.54, 1.807) is 22.9 Å². The summed E-state index contributed by atoms with van der Waals surface area (Å²) in [6, 6.07) is 5.19. The first-order valence-electron chi connectivity index (χ1n) is 7.69. The van der Waals surface area contributed by atoms with Crippen molar-refractivity contribution in [2.45, 2.75) is 52.6 Å². The van der Waals surface area contributed by atoms with Crippen molar-refractivity contribution in [1.82, 2.24) is 9.36 Å². The van der Waals surface area contributed by atoms with E-state index in [9.17, 15) is 4.79 Å². The number of aromatic nitrogens is 2. The van der Waals surface area contributed by atoms with Crippen LogP contribution in [0.25, 0.3) is 11.1 Å². The molecule has 0 aliphatic rings. The smallest absolute Gasteiger partial charge is 0.277 e. The molecule has 0 aliphatic heterocycles. The minimum atomic E-state index is -0.349. The van der Waals surface area contributed by atoms with Crippen molar-refractivity contribution in [2.75, 3.05) is 5.73 Å². The van der Waals surface area contributed by atoms with Gasteiger partial charge in [0.1, 0.15) is 5.82 Å². The summed E-state index contributed by atoms with van der Waals surface area (Å²) in [4.78, 5) is 13.1. The van der Waals surface area contributed by atoms with Crippen molar-refractivity contribution < 1.29 is 0 Å². The second-order valence-electron chi connectivity index (χ2n) is 6.75. The van der Waals surface area contributed by atoms with E-state index < -0.39 is 0 Å². The number of nitrogens with zero attached hydrogens (tertiary/aromatic N) is 2. The molecule has 2 rings (SSSR count). The Hall–Kier alpha value is -1.39. The molecule has 23 heavy (non-hydrogen) atoms. The Balaban J connectivity index is 2.93. The molecule has 0 aliphatic carbocycles. The van der Waals surface area contributed by atoms with Gasteiger partial charge in [-0.05, 0) is 46.2 Å². The molecule has 0 bridgehead atoms. The van der Waals surface area contributed by atoms with Crippen molar-refractivity contribution in [1.29, 1.82) is 0 Å². The Bertz CT molecular complexity index is 764. The maximum Gasteiger partial charge on any atom is 0.277 e. The van der Waals surface area contributed by atoms with Crippen LogP contribution in [0.3, 0.4) is 0 Å². The fourth-order valence-electron chi connectivity index (χ4n) is 2.76. The fraction of sp³-hybridized carbons (Fsp3) is 0.471. The first-order valence-corrected chi connectivity index (χ1v) is 8.44. The summed E-state index contributed by atoms with van der Waals surface area (Å²) in [5.74, 6) is 0.387. The Labute approximate surface area is 146 Å². The van der Waals surface area contributed by atoms with E-state index in [1.165, 1.54) is 0 Å². The molecule has 0 spiro atoms. The number of hydrogen-bond donors (Lipinski definition) is 1. The predicted molar refractivity (Wildman–Crippen MR) is 98.6 cm³/mol. The second-order valence-corrected chi connectivity index (χ2v) is 7.56. The molecule has 2 aromatic rings. The largest absolute Gasteiger partial charge is 0.383 e. The lowest BCUT2D eigenvalue weighted by molar-refractivity contribution is 0.265. The molecule has 1 aromatic heterocycles. The lowest BCUT2D eigenvalue weighted by Crippen LogP contribution is -2.35. The number of benzene rings is 1. The Morgan fingerprint density at radius 3 is 2.13 bits per heavy atom. The Kier molecular flexibility index (Phi) is 4.88. The zero-order chi connectivity index (χ0) is 17.5. The molecule has 126 valence electrons. The summed E-state index contributed by atoms with van der Waals surface area (Å²) in [5.41, 5.74) is 6.73. The molecule has 0 saturated heterocycles. The standard InChI is InChI=1S/C17H23Cl2N3O/c1-6-10(2)21-16(23)14(15(20)22(21)17(3,4)5)13-11(18)8-7-9-12(13)19/h7-10H,6,20H2,1-5H3. The predicted octanol–water partition coefficient (Wildman–Crippen LogP) is 4.93. The zero-order valence-electron chi connectivity index (χ0n) is 14.2. The van der Waals surface area contributed by atoms with Crippen LogP contribution in [0, 0.1) is 0 Å². The third-order valence-electron chi connectivity index (χ3n) is 3.98. The van der Waals surface area contributed by atoms with E-state index in [-0.39, 0.29) is 17.1 Å². The van der Waals surface area contributed by atoms with Crippen LogP contribution in [-0.2, 0) is 5.54 Å². The molecule has 0 radical (unpaired) electrons. The summed E-state index contributed by atoms with van der Waals surface area (Å²) < 4.78 is 3.56. The van der Waals surface area contributed by atoms with Crippen LogP contribution in [0.1, 0.15) is 47.1 Å². The molecular formula is C17H23Cl2N3O. The molecule has 1 atom stereocenters. The SMILES string of the molecule is CCC(C)n1c(=O)c(-c2c(Cl)cccc2Cl)c(N)n1C(C)(C)C. The van der Waals surface area contributed by atoms with Crippen molar-refractivity contribution >= 4 is 29.0 Å². The van der Waals surface area contributed by atoms with E-state index in [0.29, 0.717) is 27.0 Å². The summed E-state index contributed by atoms with van der Waals surface area (Å²) >= 11 is 12.6. The molecular weight excluding hydrogens is 333 g/mol. The highest BCUT2D eigenvalue weighted by Crippen LogP contribution is 2.38. The molecule has 6 heteroatoms. The number of nitrogens with two attached hydrogens (primary N) is 1. The van der Waals surface area contributed by atoms with E-state index in [2.05, 4.69) is 0 Å². The van der Waals surface area contributed by atoms with Crippen LogP contribution < -0.4 is 11.3 Å². The molecule has 1 heterocycles. The van der Waals surface area contributed by atoms with Gasteiger partial charge in [-0.15, -0.1) is 0 Å². The number of rotatable bonds is 3. The van der Waals surface area contributed by atoms with Gasteiger partial charge in [-0.2, -0.15) is 0 Å². The van der Waals surface area contributed by atoms with Gasteiger partial charge < -0.3 is 5.73 Å². The quantitative estimate of drug-likeness (QED) is 0.848. The average molecular weight is 356 g/mol. The van der Waals surface area contributed by atoms with Crippen molar-refractivity contribution in [2.24, 2.45) is 0 Å². The molecule has 1 aromatic carbocycles. The van der Waals surface area contributed by atoms with Gasteiger partial charge >= 0.3 is 0 Å². The van der Waals surface area contributed by atoms with Gasteiger partial charge in [0.2, 0.25) is 0 Å². The van der Waals surface area contributed by atoms with Crippen LogP contribution in [-0.4, -0.2) is 9.36 Å². The maximum absolute atomic E-state index is 13.1. The molecule has 0 fully saturated rings. The highest BCUT2D eigenvalue weighted by Gasteiger charge is 2.29. The van der Waals surface area contributed by atoms with Crippen LogP contribution in [0.4, 0.5) is 5.82 Å². The van der Waals surface area contributed by atoms with E-state index in [0.717, 1.165) is 6.42 Å². The lowest BCUT2D eigenvalue weighted by atomic mass is 10.1. The summed E-state index contributed by atoms with van der Waals surface area (Å²) in [5, 5.41) is 0.840. The van der Waals surface area contributed by atoms with Gasteiger partial charge in [0.25, 0.3) is 5.56 Å². The highest BCUT2D eigenvalue weighted by molar-refractivity contribution is 6.39. The summed E-state index contributed by atoms with van der Waals surface area (Å²) in [6.45, 7) is 10.1. The van der Waals surface area contributed by atoms with Crippen LogP contribution in [0.15, 0.2) is 23.0 Å². The number of halogens is 2. The van der Waals surface area contributed by atoms with Crippen LogP contribution in [0.5, 0.6) is 0 Å². The topological polar surface area (TPSA) is 52.9 Å². The van der Waals surface area contributed by atoms with Gasteiger partial charge in [-0.1, -0.05) is 36.2 Å². The molecule has 0 amide bonds. The monoisotopic (exact) mass is 355 g/mol. The van der Waals surface area contributed by atoms with E-state index in [1.807, 2.05) is 39.3 Å². The summed E-state index contributed by atoms with van der Waals surface area (Å²) in [6.07, 6.45) is 0.815. The fourth-order valence-corrected chi connectivity index (χ4v) is 3.35. The Morgan fingerprint density at radius 2 is 1.70 bits per heavy atom. The maximum atomic E-state index is 13.1. The number of anilines is 1. The Morgan fingerprint density at radius 1 is 1.17 bits per heavy atom. The van der Waals surface area contributed by atoms with Gasteiger partial charge in [0.05, 0.1) is 27.2 Å². The van der Waals surface area contributed by atoms with Crippen molar-refractivity contribution in [3.05, 3.63) is 38.6 Å². The van der Waals surface area contributed by atoms with Gasteiger partial charge in [-0.25, -0.2) is 4.68 Å². The molecule has 0 saturated carbocycles. The van der Waals surface area contributed by atoms with Crippen LogP contribution in [0.2, 0.25) is 10.0 Å². The first-order chi connectivity index (χ1) is 10.6. The molecule has 2 N–H and O–H groups in total. The molecule has 1 unspecified atom stereocenters. The normalized spacial score (nSPS) is 13.3. The highest BCUT2D eigenvalue weighted by atomic mass is 35.5. The molecule has 4 nitrogen and oxygen atoms in total. The van der Waals surface area contributed by atoms with Crippen molar-refractivity contribution in [3.63, 3.8) is 0 Å². The summed E-state index contributed by atoms with van der Waals surface area (Å²) in [7, 11) is 0. The minimum absolute atomic E-state index is 0.0130. The van der Waals surface area contributed by atoms with Crippen LogP contribution >= 0.6 is 23.2 Å². The minimum Gasteiger partial charge on any atom is -0.383 e. The van der Waals surface area contributed by atoms with E-state index in [4.69, 9.17) is 28.9 Å². The average Bonchev–Trinajstić information content (AvgIpc) is 2.70. The van der Waals surface area contributed by atoms with Gasteiger partial charge in [0, 0.05) is 5.56 Å². The zero-order valence-corrected chi connectivity index (χ0v) is 15.7.